The molecular formula is C18H21Cl2N3. The third-order valence-corrected chi connectivity index (χ3v) is 5.21. The molecule has 1 N–H and O–H groups in total. The second kappa shape index (κ2) is 7.63. The Morgan fingerprint density at radius 2 is 2.00 bits per heavy atom. The fourth-order valence-corrected chi connectivity index (χ4v) is 3.62. The van der Waals surface area contributed by atoms with Crippen LogP contribution in [-0.4, -0.2) is 36.1 Å². The van der Waals surface area contributed by atoms with E-state index in [1.54, 1.807) is 0 Å². The van der Waals surface area contributed by atoms with Gasteiger partial charge >= 0.3 is 0 Å². The van der Waals surface area contributed by atoms with E-state index in [9.17, 15) is 0 Å². The minimum Gasteiger partial charge on any atom is -0.315 e. The summed E-state index contributed by atoms with van der Waals surface area (Å²) >= 11 is 12.8. The maximum atomic E-state index is 6.56. The molecule has 0 bridgehead atoms. The second-order valence-corrected chi connectivity index (χ2v) is 6.70. The van der Waals surface area contributed by atoms with Crippen LogP contribution in [0.25, 0.3) is 0 Å². The quantitative estimate of drug-likeness (QED) is 0.904. The molecule has 0 radical (unpaired) electrons. The standard InChI is InChI=1S/C18H21Cl2N3/c1-13-12-22-8-6-14(13)18(23-10-3-7-21-9-11-23)15-4-2-5-16(19)17(15)20/h2,4-6,8,12,18,21H,3,7,9-11H2,1H3. The van der Waals surface area contributed by atoms with E-state index < -0.39 is 0 Å². The Balaban J connectivity index is 2.09. The SMILES string of the molecule is Cc1cnccc1C(c1cccc(Cl)c1Cl)N1CCCNCC1. The highest BCUT2D eigenvalue weighted by molar-refractivity contribution is 6.42. The van der Waals surface area contributed by atoms with Crippen molar-refractivity contribution in [3.63, 3.8) is 0 Å². The number of aryl methyl sites for hydroxylation is 1. The van der Waals surface area contributed by atoms with Crippen LogP contribution >= 0.6 is 23.2 Å². The van der Waals surface area contributed by atoms with Gasteiger partial charge in [0.2, 0.25) is 0 Å². The van der Waals surface area contributed by atoms with Crippen LogP contribution in [-0.2, 0) is 0 Å². The van der Waals surface area contributed by atoms with Crippen molar-refractivity contribution in [2.24, 2.45) is 0 Å². The van der Waals surface area contributed by atoms with Gasteiger partial charge in [0, 0.05) is 32.0 Å². The van der Waals surface area contributed by atoms with Gasteiger partial charge in [-0.2, -0.15) is 0 Å². The Bertz CT molecular complexity index is 667. The number of pyridine rings is 1. The van der Waals surface area contributed by atoms with Crippen LogP contribution in [0.4, 0.5) is 0 Å². The molecule has 2 heterocycles. The molecule has 1 atom stereocenters. The molecule has 1 aliphatic rings. The Labute approximate surface area is 147 Å². The Morgan fingerprint density at radius 3 is 2.83 bits per heavy atom. The number of nitrogens with zero attached hydrogens (tertiary/aromatic N) is 2. The van der Waals surface area contributed by atoms with Crippen LogP contribution in [0.3, 0.4) is 0 Å². The first kappa shape index (κ1) is 16.7. The number of aromatic nitrogens is 1. The first-order valence-corrected chi connectivity index (χ1v) is 8.73. The Kier molecular flexibility index (Phi) is 5.54. The zero-order valence-corrected chi connectivity index (χ0v) is 14.7. The summed E-state index contributed by atoms with van der Waals surface area (Å²) in [7, 11) is 0. The van der Waals surface area contributed by atoms with E-state index in [-0.39, 0.29) is 6.04 Å². The molecule has 23 heavy (non-hydrogen) atoms. The summed E-state index contributed by atoms with van der Waals surface area (Å²) in [6.45, 7) is 6.15. The molecular weight excluding hydrogens is 329 g/mol. The summed E-state index contributed by atoms with van der Waals surface area (Å²) in [5.41, 5.74) is 3.48. The normalized spacial score (nSPS) is 17.7. The van der Waals surface area contributed by atoms with Crippen molar-refractivity contribution in [2.75, 3.05) is 26.2 Å². The average Bonchev–Trinajstić information content (AvgIpc) is 2.83. The van der Waals surface area contributed by atoms with Crippen molar-refractivity contribution in [3.8, 4) is 0 Å². The summed E-state index contributed by atoms with van der Waals surface area (Å²) in [5, 5.41) is 4.71. The zero-order chi connectivity index (χ0) is 16.2. The van der Waals surface area contributed by atoms with Gasteiger partial charge < -0.3 is 5.32 Å². The Hall–Kier alpha value is -1.13. The third-order valence-electron chi connectivity index (χ3n) is 4.37. The highest BCUT2D eigenvalue weighted by Crippen LogP contribution is 2.37. The molecule has 5 heteroatoms. The van der Waals surface area contributed by atoms with E-state index >= 15 is 0 Å². The lowest BCUT2D eigenvalue weighted by atomic mass is 9.94. The molecule has 0 aliphatic carbocycles. The molecule has 0 amide bonds. The van der Waals surface area contributed by atoms with Gasteiger partial charge in [-0.05, 0) is 48.7 Å². The number of halogens is 2. The summed E-state index contributed by atoms with van der Waals surface area (Å²) in [4.78, 5) is 6.72. The number of nitrogens with one attached hydrogen (secondary N) is 1. The first-order valence-electron chi connectivity index (χ1n) is 7.97. The van der Waals surface area contributed by atoms with Crippen LogP contribution in [0, 0.1) is 6.92 Å². The van der Waals surface area contributed by atoms with Gasteiger partial charge in [0.25, 0.3) is 0 Å². The van der Waals surface area contributed by atoms with E-state index in [1.165, 1.54) is 11.1 Å². The maximum absolute atomic E-state index is 6.56. The molecule has 1 fully saturated rings. The first-order chi connectivity index (χ1) is 11.2. The fourth-order valence-electron chi connectivity index (χ4n) is 3.21. The molecule has 3 nitrogen and oxygen atoms in total. The van der Waals surface area contributed by atoms with Crippen molar-refractivity contribution in [2.45, 2.75) is 19.4 Å². The van der Waals surface area contributed by atoms with Crippen LogP contribution in [0.15, 0.2) is 36.7 Å². The monoisotopic (exact) mass is 349 g/mol. The van der Waals surface area contributed by atoms with Crippen molar-refractivity contribution < 1.29 is 0 Å². The van der Waals surface area contributed by atoms with Crippen molar-refractivity contribution in [3.05, 3.63) is 63.4 Å². The molecule has 0 spiro atoms. The largest absolute Gasteiger partial charge is 0.315 e. The molecule has 1 unspecified atom stereocenters. The number of hydrogen-bond donors (Lipinski definition) is 1. The third kappa shape index (κ3) is 3.69. The molecule has 1 aromatic heterocycles. The molecule has 122 valence electrons. The average molecular weight is 350 g/mol. The van der Waals surface area contributed by atoms with Gasteiger partial charge in [-0.3, -0.25) is 9.88 Å². The van der Waals surface area contributed by atoms with Gasteiger partial charge in [0.05, 0.1) is 16.1 Å². The molecule has 0 saturated carbocycles. The second-order valence-electron chi connectivity index (χ2n) is 5.92. The van der Waals surface area contributed by atoms with Crippen LogP contribution in [0.2, 0.25) is 10.0 Å². The van der Waals surface area contributed by atoms with E-state index in [0.29, 0.717) is 10.0 Å². The lowest BCUT2D eigenvalue weighted by Gasteiger charge is -2.32. The highest BCUT2D eigenvalue weighted by atomic mass is 35.5. The summed E-state index contributed by atoms with van der Waals surface area (Å²) in [5.74, 6) is 0. The van der Waals surface area contributed by atoms with Crippen molar-refractivity contribution in [1.82, 2.24) is 15.2 Å². The molecule has 1 aromatic carbocycles. The van der Waals surface area contributed by atoms with Gasteiger partial charge in [0.1, 0.15) is 0 Å². The summed E-state index contributed by atoms with van der Waals surface area (Å²) in [6, 6.07) is 8.09. The van der Waals surface area contributed by atoms with E-state index in [4.69, 9.17) is 23.2 Å². The van der Waals surface area contributed by atoms with Gasteiger partial charge in [0.15, 0.2) is 0 Å². The number of rotatable bonds is 3. The van der Waals surface area contributed by atoms with Gasteiger partial charge in [-0.15, -0.1) is 0 Å². The molecule has 3 rings (SSSR count). The van der Waals surface area contributed by atoms with E-state index in [1.807, 2.05) is 24.5 Å². The van der Waals surface area contributed by atoms with E-state index in [2.05, 4.69) is 34.3 Å². The predicted octanol–water partition coefficient (Wildman–Crippen LogP) is 4.08. The summed E-state index contributed by atoms with van der Waals surface area (Å²) < 4.78 is 0. The van der Waals surface area contributed by atoms with Crippen LogP contribution < -0.4 is 5.32 Å². The fraction of sp³-hybridized carbons (Fsp3) is 0.389. The Morgan fingerprint density at radius 1 is 1.13 bits per heavy atom. The van der Waals surface area contributed by atoms with Gasteiger partial charge in [-0.1, -0.05) is 35.3 Å². The smallest absolute Gasteiger partial charge is 0.0643 e. The topological polar surface area (TPSA) is 28.2 Å². The van der Waals surface area contributed by atoms with Crippen molar-refractivity contribution >= 4 is 23.2 Å². The summed E-state index contributed by atoms with van der Waals surface area (Å²) in [6.07, 6.45) is 4.89. The zero-order valence-electron chi connectivity index (χ0n) is 13.2. The number of benzene rings is 1. The molecule has 1 aliphatic heterocycles. The van der Waals surface area contributed by atoms with Crippen LogP contribution in [0.5, 0.6) is 0 Å². The highest BCUT2D eigenvalue weighted by Gasteiger charge is 2.26. The van der Waals surface area contributed by atoms with Crippen molar-refractivity contribution in [1.29, 1.82) is 0 Å². The van der Waals surface area contributed by atoms with Crippen LogP contribution in [0.1, 0.15) is 29.2 Å². The minimum absolute atomic E-state index is 0.101. The minimum atomic E-state index is 0.101. The molecule has 1 saturated heterocycles. The predicted molar refractivity (Wildman–Crippen MR) is 96.3 cm³/mol. The lowest BCUT2D eigenvalue weighted by Crippen LogP contribution is -2.33. The number of hydrogen-bond acceptors (Lipinski definition) is 3. The van der Waals surface area contributed by atoms with Gasteiger partial charge in [-0.25, -0.2) is 0 Å². The van der Waals surface area contributed by atoms with E-state index in [0.717, 1.165) is 38.2 Å². The maximum Gasteiger partial charge on any atom is 0.0643 e. The molecule has 2 aromatic rings. The lowest BCUT2D eigenvalue weighted by molar-refractivity contribution is 0.240.